The number of rotatable bonds is 5. The van der Waals surface area contributed by atoms with Crippen LogP contribution in [-0.4, -0.2) is 41.6 Å². The number of benzene rings is 1. The highest BCUT2D eigenvalue weighted by Gasteiger charge is 2.28. The van der Waals surface area contributed by atoms with Crippen molar-refractivity contribution >= 4 is 24.0 Å². The van der Waals surface area contributed by atoms with Crippen LogP contribution >= 0.6 is 12.4 Å². The number of anilines is 1. The number of hydrogen-bond donors (Lipinski definition) is 2. The first kappa shape index (κ1) is 22.0. The minimum atomic E-state index is -4.40. The van der Waals surface area contributed by atoms with Gasteiger partial charge in [-0.3, -0.25) is 9.48 Å². The third-order valence-electron chi connectivity index (χ3n) is 4.31. The highest BCUT2D eigenvalue weighted by Crippen LogP contribution is 2.25. The minimum absolute atomic E-state index is 0. The van der Waals surface area contributed by atoms with E-state index in [1.54, 1.807) is 29.9 Å². The van der Waals surface area contributed by atoms with Crippen LogP contribution in [0.15, 0.2) is 30.5 Å². The Morgan fingerprint density at radius 2 is 2.18 bits per heavy atom. The molecule has 0 saturated carbocycles. The Morgan fingerprint density at radius 3 is 2.82 bits per heavy atom. The molecule has 10 heteroatoms. The quantitative estimate of drug-likeness (QED) is 0.776. The molecule has 2 aromatic rings. The summed E-state index contributed by atoms with van der Waals surface area (Å²) in [5.41, 5.74) is 1.25. The summed E-state index contributed by atoms with van der Waals surface area (Å²) in [6.45, 7) is 2.08. The van der Waals surface area contributed by atoms with Crippen LogP contribution in [0.4, 0.5) is 18.9 Å². The average molecular weight is 419 g/mol. The van der Waals surface area contributed by atoms with Gasteiger partial charge in [0.25, 0.3) is 5.91 Å². The molecule has 0 spiro atoms. The maximum Gasteiger partial charge on any atom is 0.422 e. The number of amides is 1. The van der Waals surface area contributed by atoms with E-state index in [1.807, 2.05) is 0 Å². The van der Waals surface area contributed by atoms with E-state index < -0.39 is 12.8 Å². The number of nitrogens with one attached hydrogen (secondary N) is 2. The normalized spacial score (nSPS) is 16.9. The predicted molar refractivity (Wildman–Crippen MR) is 101 cm³/mol. The van der Waals surface area contributed by atoms with Crippen LogP contribution in [0.2, 0.25) is 0 Å². The maximum atomic E-state index is 12.4. The van der Waals surface area contributed by atoms with Gasteiger partial charge in [0, 0.05) is 18.4 Å². The van der Waals surface area contributed by atoms with Gasteiger partial charge >= 0.3 is 6.18 Å². The number of aryl methyl sites for hydroxylation is 1. The van der Waals surface area contributed by atoms with Crippen molar-refractivity contribution in [2.75, 3.05) is 25.0 Å². The highest BCUT2D eigenvalue weighted by molar-refractivity contribution is 6.02. The van der Waals surface area contributed by atoms with Crippen molar-refractivity contribution in [2.24, 2.45) is 0 Å². The largest absolute Gasteiger partial charge is 0.484 e. The van der Waals surface area contributed by atoms with Gasteiger partial charge in [-0.1, -0.05) is 0 Å². The molecule has 3 rings (SSSR count). The molecular formula is C18H22ClF3N4O2. The summed E-state index contributed by atoms with van der Waals surface area (Å²) in [7, 11) is 0. The summed E-state index contributed by atoms with van der Waals surface area (Å²) in [6.07, 6.45) is -0.541. The zero-order valence-corrected chi connectivity index (χ0v) is 16.1. The number of halogens is 4. The summed E-state index contributed by atoms with van der Waals surface area (Å²) in [6, 6.07) is 6.35. The molecule has 1 aliphatic heterocycles. The van der Waals surface area contributed by atoms with Gasteiger partial charge in [-0.25, -0.2) is 0 Å². The number of ether oxygens (including phenoxy) is 1. The van der Waals surface area contributed by atoms with Crippen LogP contribution in [0.5, 0.6) is 5.75 Å². The summed E-state index contributed by atoms with van der Waals surface area (Å²) in [5.74, 6) is -0.250. The molecule has 1 fully saturated rings. The number of nitrogens with zero attached hydrogens (tertiary/aromatic N) is 2. The topological polar surface area (TPSA) is 68.2 Å². The summed E-state index contributed by atoms with van der Waals surface area (Å²) in [5, 5.41) is 10.3. The number of carbonyl (C=O) groups excluding carboxylic acids is 1. The molecule has 0 aliphatic carbocycles. The Hall–Kier alpha value is -2.26. The second-order valence-corrected chi connectivity index (χ2v) is 6.52. The van der Waals surface area contributed by atoms with Gasteiger partial charge < -0.3 is 15.4 Å². The molecule has 1 unspecified atom stereocenters. The monoisotopic (exact) mass is 418 g/mol. The first-order chi connectivity index (χ1) is 12.8. The molecule has 0 bridgehead atoms. The number of piperidine rings is 1. The molecule has 1 saturated heterocycles. The van der Waals surface area contributed by atoms with Crippen molar-refractivity contribution in [3.05, 3.63) is 41.7 Å². The van der Waals surface area contributed by atoms with Crippen molar-refractivity contribution in [1.29, 1.82) is 0 Å². The highest BCUT2D eigenvalue weighted by atomic mass is 35.5. The van der Waals surface area contributed by atoms with Gasteiger partial charge in [0.2, 0.25) is 0 Å². The Kier molecular flexibility index (Phi) is 7.31. The Bertz CT molecular complexity index is 804. The number of aromatic nitrogens is 2. The second kappa shape index (κ2) is 9.29. The van der Waals surface area contributed by atoms with Crippen molar-refractivity contribution in [2.45, 2.75) is 32.0 Å². The second-order valence-electron chi connectivity index (χ2n) is 6.52. The zero-order valence-electron chi connectivity index (χ0n) is 15.3. The molecule has 1 aromatic carbocycles. The predicted octanol–water partition coefficient (Wildman–Crippen LogP) is 3.73. The molecule has 2 N–H and O–H groups in total. The molecule has 1 aromatic heterocycles. The van der Waals surface area contributed by atoms with Gasteiger partial charge in [-0.05, 0) is 56.1 Å². The lowest BCUT2D eigenvalue weighted by atomic mass is 10.1. The van der Waals surface area contributed by atoms with Gasteiger partial charge in [-0.15, -0.1) is 12.4 Å². The lowest BCUT2D eigenvalue weighted by molar-refractivity contribution is -0.153. The van der Waals surface area contributed by atoms with E-state index in [2.05, 4.69) is 15.7 Å². The molecule has 1 aliphatic rings. The molecule has 2 heterocycles. The Morgan fingerprint density at radius 1 is 1.39 bits per heavy atom. The van der Waals surface area contributed by atoms with E-state index in [1.165, 1.54) is 12.1 Å². The van der Waals surface area contributed by atoms with Crippen LogP contribution in [0.25, 0.3) is 0 Å². The molecule has 6 nitrogen and oxygen atoms in total. The minimum Gasteiger partial charge on any atom is -0.484 e. The Balaban J connectivity index is 0.00000280. The lowest BCUT2D eigenvalue weighted by Gasteiger charge is -2.22. The third-order valence-corrected chi connectivity index (χ3v) is 4.31. The van der Waals surface area contributed by atoms with Gasteiger partial charge in [0.15, 0.2) is 12.3 Å². The first-order valence-electron chi connectivity index (χ1n) is 8.69. The van der Waals surface area contributed by atoms with Crippen molar-refractivity contribution < 1.29 is 22.7 Å². The standard InChI is InChI=1S/C18H21F3N4O2.ClH/c1-12-9-13(4-5-16(12)27-11-18(19,20)21)23-17(26)15-6-8-25(24-15)14-3-2-7-22-10-14;/h4-6,8-9,14,22H,2-3,7,10-11H2,1H3,(H,23,26);1H. The van der Waals surface area contributed by atoms with E-state index in [4.69, 9.17) is 4.74 Å². The third kappa shape index (κ3) is 5.87. The average Bonchev–Trinajstić information content (AvgIpc) is 3.11. The fourth-order valence-electron chi connectivity index (χ4n) is 2.97. The number of hydrogen-bond acceptors (Lipinski definition) is 4. The van der Waals surface area contributed by atoms with E-state index in [9.17, 15) is 18.0 Å². The fourth-order valence-corrected chi connectivity index (χ4v) is 2.97. The van der Waals surface area contributed by atoms with Crippen molar-refractivity contribution in [3.63, 3.8) is 0 Å². The summed E-state index contributed by atoms with van der Waals surface area (Å²) >= 11 is 0. The molecule has 154 valence electrons. The number of alkyl halides is 3. The van der Waals surface area contributed by atoms with Gasteiger partial charge in [-0.2, -0.15) is 18.3 Å². The molecule has 0 radical (unpaired) electrons. The Labute approximate surface area is 166 Å². The molecule has 1 atom stereocenters. The summed E-state index contributed by atoms with van der Waals surface area (Å²) < 4.78 is 43.3. The lowest BCUT2D eigenvalue weighted by Crippen LogP contribution is -2.32. The van der Waals surface area contributed by atoms with Crippen LogP contribution < -0.4 is 15.4 Å². The van der Waals surface area contributed by atoms with E-state index >= 15 is 0 Å². The van der Waals surface area contributed by atoms with Gasteiger partial charge in [0.05, 0.1) is 6.04 Å². The van der Waals surface area contributed by atoms with E-state index in [0.29, 0.717) is 11.3 Å². The van der Waals surface area contributed by atoms with Crippen LogP contribution in [0, 0.1) is 6.92 Å². The van der Waals surface area contributed by atoms with Crippen LogP contribution in [-0.2, 0) is 0 Å². The number of carbonyl (C=O) groups is 1. The fraction of sp³-hybridized carbons (Fsp3) is 0.444. The molecule has 28 heavy (non-hydrogen) atoms. The van der Waals surface area contributed by atoms with Crippen molar-refractivity contribution in [3.8, 4) is 5.75 Å². The smallest absolute Gasteiger partial charge is 0.422 e. The summed E-state index contributed by atoms with van der Waals surface area (Å²) in [4.78, 5) is 12.4. The zero-order chi connectivity index (χ0) is 19.4. The van der Waals surface area contributed by atoms with E-state index in [0.717, 1.165) is 25.9 Å². The van der Waals surface area contributed by atoms with Crippen molar-refractivity contribution in [1.82, 2.24) is 15.1 Å². The molecular weight excluding hydrogens is 397 g/mol. The maximum absolute atomic E-state index is 12.4. The van der Waals surface area contributed by atoms with Crippen LogP contribution in [0.3, 0.4) is 0 Å². The molecule has 1 amide bonds. The first-order valence-corrected chi connectivity index (χ1v) is 8.69. The van der Waals surface area contributed by atoms with Gasteiger partial charge in [0.1, 0.15) is 5.75 Å². The SMILES string of the molecule is Cc1cc(NC(=O)c2ccn(C3CCCNC3)n2)ccc1OCC(F)(F)F.Cl. The van der Waals surface area contributed by atoms with E-state index in [-0.39, 0.29) is 35.8 Å². The van der Waals surface area contributed by atoms with Crippen LogP contribution in [0.1, 0.15) is 34.9 Å².